The molecule has 0 spiro atoms. The van der Waals surface area contributed by atoms with E-state index in [0.29, 0.717) is 43.1 Å². The number of carboxylic acid groups (broad SMARTS) is 1. The van der Waals surface area contributed by atoms with Gasteiger partial charge in [0.05, 0.1) is 17.5 Å². The summed E-state index contributed by atoms with van der Waals surface area (Å²) in [6.07, 6.45) is -0.0783. The number of nitrogens with one attached hydrogen (secondary N) is 1. The molecule has 2 aromatic rings. The Balaban J connectivity index is 2.16. The molecule has 0 bridgehead atoms. The van der Waals surface area contributed by atoms with Crippen molar-refractivity contribution in [2.24, 2.45) is 0 Å². The average Bonchev–Trinajstić information content (AvgIpc) is 2.93. The first kappa shape index (κ1) is 16.0. The number of ether oxygens (including phenoxy) is 1. The smallest absolute Gasteiger partial charge is 0.410 e. The number of aromatic nitrogens is 2. The predicted molar refractivity (Wildman–Crippen MR) is 87.3 cm³/mol. The fourth-order valence-electron chi connectivity index (χ4n) is 3.08. The van der Waals surface area contributed by atoms with Crippen LogP contribution in [0.5, 0.6) is 0 Å². The van der Waals surface area contributed by atoms with Crippen molar-refractivity contribution < 1.29 is 14.6 Å². The summed E-state index contributed by atoms with van der Waals surface area (Å²) in [5, 5.41) is 26.0. The van der Waals surface area contributed by atoms with Crippen molar-refractivity contribution in [3.63, 3.8) is 0 Å². The standard InChI is InChI=1S/C17H18N4O3/c1-12-14(17(11-18)7-9-24-10-8-17)20-21(15(12)19-16(22)23)13-5-3-2-4-6-13/h2-6,19H,7-10H2,1H3,(H,22,23). The van der Waals surface area contributed by atoms with Gasteiger partial charge in [-0.1, -0.05) is 18.2 Å². The molecule has 1 amide bonds. The van der Waals surface area contributed by atoms with E-state index in [1.165, 1.54) is 0 Å². The van der Waals surface area contributed by atoms with Gasteiger partial charge >= 0.3 is 6.09 Å². The number of benzene rings is 1. The molecule has 0 saturated carbocycles. The third-order valence-corrected chi connectivity index (χ3v) is 4.36. The van der Waals surface area contributed by atoms with Gasteiger partial charge in [-0.3, -0.25) is 5.32 Å². The molecular weight excluding hydrogens is 308 g/mol. The SMILES string of the molecule is Cc1c(C2(C#N)CCOCC2)nn(-c2ccccc2)c1NC(=O)O. The second-order valence-electron chi connectivity index (χ2n) is 5.81. The summed E-state index contributed by atoms with van der Waals surface area (Å²) < 4.78 is 6.93. The topological polar surface area (TPSA) is 100 Å². The number of anilines is 1. The van der Waals surface area contributed by atoms with Gasteiger partial charge in [0.15, 0.2) is 0 Å². The zero-order valence-electron chi connectivity index (χ0n) is 13.3. The number of hydrogen-bond acceptors (Lipinski definition) is 4. The lowest BCUT2D eigenvalue weighted by molar-refractivity contribution is 0.0661. The molecule has 1 saturated heterocycles. The van der Waals surface area contributed by atoms with Crippen molar-refractivity contribution in [3.05, 3.63) is 41.6 Å². The van der Waals surface area contributed by atoms with Crippen molar-refractivity contribution in [2.45, 2.75) is 25.2 Å². The van der Waals surface area contributed by atoms with E-state index in [4.69, 9.17) is 9.84 Å². The van der Waals surface area contributed by atoms with Crippen LogP contribution in [0.1, 0.15) is 24.1 Å². The molecule has 0 radical (unpaired) electrons. The monoisotopic (exact) mass is 326 g/mol. The Kier molecular flexibility index (Phi) is 4.23. The summed E-state index contributed by atoms with van der Waals surface area (Å²) in [5.74, 6) is 0.366. The zero-order valence-corrected chi connectivity index (χ0v) is 13.3. The molecule has 0 atom stereocenters. The summed E-state index contributed by atoms with van der Waals surface area (Å²) in [6, 6.07) is 11.6. The minimum Gasteiger partial charge on any atom is -0.465 e. The highest BCUT2D eigenvalue weighted by atomic mass is 16.5. The molecule has 124 valence electrons. The largest absolute Gasteiger partial charge is 0.465 e. The van der Waals surface area contributed by atoms with E-state index in [-0.39, 0.29) is 0 Å². The second-order valence-corrected chi connectivity index (χ2v) is 5.81. The van der Waals surface area contributed by atoms with E-state index >= 15 is 0 Å². The Bertz CT molecular complexity index is 786. The van der Waals surface area contributed by atoms with Gasteiger partial charge in [-0.2, -0.15) is 10.4 Å². The number of amides is 1. The van der Waals surface area contributed by atoms with Crippen molar-refractivity contribution in [2.75, 3.05) is 18.5 Å². The Morgan fingerprint density at radius 3 is 2.62 bits per heavy atom. The van der Waals surface area contributed by atoms with Crippen LogP contribution < -0.4 is 5.32 Å². The van der Waals surface area contributed by atoms with Crippen LogP contribution in [0, 0.1) is 18.3 Å². The van der Waals surface area contributed by atoms with Crippen molar-refractivity contribution in [3.8, 4) is 11.8 Å². The van der Waals surface area contributed by atoms with Gasteiger partial charge in [0.2, 0.25) is 0 Å². The van der Waals surface area contributed by atoms with Gasteiger partial charge < -0.3 is 9.84 Å². The van der Waals surface area contributed by atoms with E-state index in [2.05, 4.69) is 16.5 Å². The lowest BCUT2D eigenvalue weighted by Gasteiger charge is -2.29. The second kappa shape index (κ2) is 6.34. The van der Waals surface area contributed by atoms with E-state index in [1.807, 2.05) is 30.3 Å². The zero-order chi connectivity index (χ0) is 17.2. The number of nitrogens with zero attached hydrogens (tertiary/aromatic N) is 3. The van der Waals surface area contributed by atoms with Crippen molar-refractivity contribution >= 4 is 11.9 Å². The number of para-hydroxylation sites is 1. The molecule has 1 aromatic heterocycles. The van der Waals surface area contributed by atoms with Crippen molar-refractivity contribution in [1.29, 1.82) is 5.26 Å². The number of rotatable bonds is 3. The maximum atomic E-state index is 11.2. The van der Waals surface area contributed by atoms with Gasteiger partial charge in [-0.05, 0) is 31.9 Å². The van der Waals surface area contributed by atoms with Gasteiger partial charge in [0.1, 0.15) is 11.2 Å². The molecular formula is C17H18N4O3. The average molecular weight is 326 g/mol. The summed E-state index contributed by atoms with van der Waals surface area (Å²) in [4.78, 5) is 11.2. The van der Waals surface area contributed by atoms with Gasteiger partial charge in [-0.25, -0.2) is 9.48 Å². The van der Waals surface area contributed by atoms with E-state index < -0.39 is 11.5 Å². The maximum absolute atomic E-state index is 11.2. The van der Waals surface area contributed by atoms with Gasteiger partial charge in [-0.15, -0.1) is 0 Å². The molecule has 1 aliphatic heterocycles. The quantitative estimate of drug-likeness (QED) is 0.903. The molecule has 7 nitrogen and oxygen atoms in total. The Labute approximate surface area is 139 Å². The fourth-order valence-corrected chi connectivity index (χ4v) is 3.08. The molecule has 1 fully saturated rings. The van der Waals surface area contributed by atoms with E-state index in [1.54, 1.807) is 11.6 Å². The first-order valence-electron chi connectivity index (χ1n) is 7.72. The van der Waals surface area contributed by atoms with Crippen LogP contribution in [0.15, 0.2) is 30.3 Å². The molecule has 0 unspecified atom stereocenters. The van der Waals surface area contributed by atoms with E-state index in [0.717, 1.165) is 5.69 Å². The van der Waals surface area contributed by atoms with Crippen LogP contribution >= 0.6 is 0 Å². The minimum absolute atomic E-state index is 0.366. The highest BCUT2D eigenvalue weighted by Crippen LogP contribution is 2.38. The lowest BCUT2D eigenvalue weighted by atomic mass is 9.77. The fraction of sp³-hybridized carbons (Fsp3) is 0.353. The first-order valence-corrected chi connectivity index (χ1v) is 7.72. The van der Waals surface area contributed by atoms with Crippen LogP contribution in [0.3, 0.4) is 0 Å². The van der Waals surface area contributed by atoms with Gasteiger partial charge in [0, 0.05) is 18.8 Å². The summed E-state index contributed by atoms with van der Waals surface area (Å²) in [7, 11) is 0. The molecule has 2 N–H and O–H groups in total. The maximum Gasteiger partial charge on any atom is 0.410 e. The van der Waals surface area contributed by atoms with Crippen LogP contribution in [0.25, 0.3) is 5.69 Å². The Morgan fingerprint density at radius 1 is 1.38 bits per heavy atom. The molecule has 0 aliphatic carbocycles. The number of hydrogen-bond donors (Lipinski definition) is 2. The van der Waals surface area contributed by atoms with Crippen LogP contribution in [0.4, 0.5) is 10.6 Å². The van der Waals surface area contributed by atoms with Crippen LogP contribution in [-0.4, -0.2) is 34.2 Å². The lowest BCUT2D eigenvalue weighted by Crippen LogP contribution is -2.33. The Morgan fingerprint density at radius 2 is 2.04 bits per heavy atom. The summed E-state index contributed by atoms with van der Waals surface area (Å²) in [5.41, 5.74) is 1.26. The van der Waals surface area contributed by atoms with Crippen molar-refractivity contribution in [1.82, 2.24) is 9.78 Å². The highest BCUT2D eigenvalue weighted by molar-refractivity contribution is 5.83. The molecule has 1 aliphatic rings. The first-order chi connectivity index (χ1) is 11.6. The Hall–Kier alpha value is -2.85. The van der Waals surface area contributed by atoms with Gasteiger partial charge in [0.25, 0.3) is 0 Å². The normalized spacial score (nSPS) is 16.3. The molecule has 2 heterocycles. The minimum atomic E-state index is -1.17. The highest BCUT2D eigenvalue weighted by Gasteiger charge is 2.40. The molecule has 3 rings (SSSR count). The third-order valence-electron chi connectivity index (χ3n) is 4.36. The van der Waals surface area contributed by atoms with Crippen LogP contribution in [0.2, 0.25) is 0 Å². The number of nitriles is 1. The van der Waals surface area contributed by atoms with E-state index in [9.17, 15) is 10.1 Å². The molecule has 7 heteroatoms. The molecule has 24 heavy (non-hydrogen) atoms. The summed E-state index contributed by atoms with van der Waals surface area (Å²) in [6.45, 7) is 2.78. The predicted octanol–water partition coefficient (Wildman–Crippen LogP) is 2.84. The third kappa shape index (κ3) is 2.72. The number of carbonyl (C=O) groups is 1. The van der Waals surface area contributed by atoms with Crippen LogP contribution in [-0.2, 0) is 10.2 Å². The molecule has 1 aromatic carbocycles. The summed E-state index contributed by atoms with van der Waals surface area (Å²) >= 11 is 0.